The molecule has 17 heavy (non-hydrogen) atoms. The summed E-state index contributed by atoms with van der Waals surface area (Å²) in [5.41, 5.74) is 2.37. The van der Waals surface area contributed by atoms with Crippen molar-refractivity contribution in [2.75, 3.05) is 20.1 Å². The van der Waals surface area contributed by atoms with Gasteiger partial charge in [0.05, 0.1) is 0 Å². The lowest BCUT2D eigenvalue weighted by Gasteiger charge is -1.98. The Morgan fingerprint density at radius 2 is 1.88 bits per heavy atom. The number of hydrogen-bond acceptors (Lipinski definition) is 5. The highest BCUT2D eigenvalue weighted by Gasteiger charge is 1.83. The molecule has 98 valence electrons. The first-order chi connectivity index (χ1) is 8.41. The maximum absolute atomic E-state index is 9.76. The van der Waals surface area contributed by atoms with Crippen molar-refractivity contribution < 1.29 is 9.63 Å². The fourth-order valence-electron chi connectivity index (χ4n) is 1.18. The summed E-state index contributed by atoms with van der Waals surface area (Å²) in [6.45, 7) is 2.30. The van der Waals surface area contributed by atoms with Crippen LogP contribution in [0, 0.1) is 0 Å². The van der Waals surface area contributed by atoms with Gasteiger partial charge in [0.2, 0.25) is 0 Å². The molecule has 0 aromatic heterocycles. The molecule has 0 saturated heterocycles. The van der Waals surface area contributed by atoms with Crippen molar-refractivity contribution in [2.45, 2.75) is 25.7 Å². The fraction of sp³-hybridized carbons (Fsp3) is 0.583. The van der Waals surface area contributed by atoms with Crippen molar-refractivity contribution in [3.8, 4) is 0 Å². The Morgan fingerprint density at radius 3 is 2.65 bits per heavy atom. The lowest BCUT2D eigenvalue weighted by molar-refractivity contribution is -0.133. The van der Waals surface area contributed by atoms with Crippen LogP contribution in [-0.2, 0) is 9.63 Å². The van der Waals surface area contributed by atoms with E-state index in [0.29, 0.717) is 6.47 Å². The number of allylic oxidation sites excluding steroid dienone is 1. The minimum atomic E-state index is 0.347. The highest BCUT2D eigenvalue weighted by atomic mass is 16.7. The standard InChI is InChI=1S/C12H23N3O2/c1-13-8-4-2-3-5-9-14-10-6-7-11-15-17-12-16/h5,7,9,11-15H,2-4,6,8,10H2,1H3. The zero-order valence-electron chi connectivity index (χ0n) is 10.4. The third-order valence-corrected chi connectivity index (χ3v) is 2.04. The van der Waals surface area contributed by atoms with Crippen LogP contribution in [0.2, 0.25) is 0 Å². The highest BCUT2D eigenvalue weighted by Crippen LogP contribution is 1.94. The van der Waals surface area contributed by atoms with Crippen LogP contribution in [0.1, 0.15) is 25.7 Å². The number of unbranched alkanes of at least 4 members (excludes halogenated alkanes) is 2. The molecule has 0 unspecified atom stereocenters. The summed E-state index contributed by atoms with van der Waals surface area (Å²) in [5, 5.41) is 6.30. The van der Waals surface area contributed by atoms with E-state index < -0.39 is 0 Å². The zero-order valence-corrected chi connectivity index (χ0v) is 10.4. The van der Waals surface area contributed by atoms with Crippen LogP contribution in [0.5, 0.6) is 0 Å². The zero-order chi connectivity index (χ0) is 12.6. The molecule has 3 N–H and O–H groups in total. The summed E-state index contributed by atoms with van der Waals surface area (Å²) in [6.07, 6.45) is 12.0. The Bertz CT molecular complexity index is 218. The Balaban J connectivity index is 3.13. The van der Waals surface area contributed by atoms with Gasteiger partial charge in [0.15, 0.2) is 0 Å². The van der Waals surface area contributed by atoms with E-state index in [1.807, 2.05) is 19.3 Å². The van der Waals surface area contributed by atoms with Crippen molar-refractivity contribution >= 4 is 6.47 Å². The third kappa shape index (κ3) is 14.5. The first kappa shape index (κ1) is 15.5. The Morgan fingerprint density at radius 1 is 1.06 bits per heavy atom. The molecule has 0 radical (unpaired) electrons. The van der Waals surface area contributed by atoms with Gasteiger partial charge in [-0.2, -0.15) is 0 Å². The summed E-state index contributed by atoms with van der Waals surface area (Å²) in [5.74, 6) is 0. The topological polar surface area (TPSA) is 62.4 Å². The van der Waals surface area contributed by atoms with Gasteiger partial charge in [0.1, 0.15) is 0 Å². The van der Waals surface area contributed by atoms with Gasteiger partial charge in [0.25, 0.3) is 0 Å². The van der Waals surface area contributed by atoms with E-state index in [2.05, 4.69) is 27.0 Å². The minimum Gasteiger partial charge on any atom is -0.391 e. The predicted molar refractivity (Wildman–Crippen MR) is 69.0 cm³/mol. The first-order valence-electron chi connectivity index (χ1n) is 5.94. The molecule has 0 aromatic rings. The van der Waals surface area contributed by atoms with Crippen molar-refractivity contribution in [2.24, 2.45) is 0 Å². The van der Waals surface area contributed by atoms with Crippen LogP contribution in [0.3, 0.4) is 0 Å². The van der Waals surface area contributed by atoms with Gasteiger partial charge in [-0.3, -0.25) is 4.79 Å². The van der Waals surface area contributed by atoms with E-state index in [0.717, 1.165) is 25.9 Å². The highest BCUT2D eigenvalue weighted by molar-refractivity contribution is 5.36. The number of carbonyl (C=O) groups is 1. The molecule has 0 rings (SSSR count). The van der Waals surface area contributed by atoms with Gasteiger partial charge in [-0.25, -0.2) is 5.48 Å². The van der Waals surface area contributed by atoms with Gasteiger partial charge < -0.3 is 15.5 Å². The predicted octanol–water partition coefficient (Wildman–Crippen LogP) is 1.06. The van der Waals surface area contributed by atoms with Crippen LogP contribution in [0.25, 0.3) is 0 Å². The van der Waals surface area contributed by atoms with E-state index in [9.17, 15) is 4.79 Å². The number of rotatable bonds is 12. The van der Waals surface area contributed by atoms with Crippen LogP contribution in [0.15, 0.2) is 24.6 Å². The molecule has 0 heterocycles. The van der Waals surface area contributed by atoms with Crippen LogP contribution in [-0.4, -0.2) is 26.6 Å². The number of hydrogen-bond donors (Lipinski definition) is 3. The number of nitrogens with one attached hydrogen (secondary N) is 3. The normalized spacial score (nSPS) is 10.9. The molecular formula is C12H23N3O2. The maximum atomic E-state index is 9.76. The van der Waals surface area contributed by atoms with Crippen molar-refractivity contribution in [3.05, 3.63) is 24.6 Å². The van der Waals surface area contributed by atoms with Crippen molar-refractivity contribution in [1.29, 1.82) is 0 Å². The molecule has 5 heteroatoms. The molecule has 0 saturated carbocycles. The maximum Gasteiger partial charge on any atom is 0.320 e. The number of carbonyl (C=O) groups excluding carboxylic acids is 1. The quantitative estimate of drug-likeness (QED) is 0.271. The van der Waals surface area contributed by atoms with Gasteiger partial charge in [-0.05, 0) is 45.5 Å². The summed E-state index contributed by atoms with van der Waals surface area (Å²) in [4.78, 5) is 14.0. The molecule has 0 aromatic carbocycles. The minimum absolute atomic E-state index is 0.347. The summed E-state index contributed by atoms with van der Waals surface area (Å²) < 4.78 is 0. The molecule has 0 amide bonds. The van der Waals surface area contributed by atoms with Gasteiger partial charge in [-0.15, -0.1) is 0 Å². The Labute approximate surface area is 103 Å². The average molecular weight is 241 g/mol. The molecule has 0 spiro atoms. The number of hydroxylamine groups is 1. The molecule has 0 aliphatic rings. The molecule has 0 aliphatic carbocycles. The SMILES string of the molecule is CNCCCCC=CNCCC=CNOC=O. The van der Waals surface area contributed by atoms with Gasteiger partial charge >= 0.3 is 6.47 Å². The van der Waals surface area contributed by atoms with E-state index in [-0.39, 0.29) is 0 Å². The van der Waals surface area contributed by atoms with Crippen molar-refractivity contribution in [3.63, 3.8) is 0 Å². The second kappa shape index (κ2) is 14.5. The molecule has 0 bridgehead atoms. The lowest BCUT2D eigenvalue weighted by Crippen LogP contribution is -2.07. The van der Waals surface area contributed by atoms with Gasteiger partial charge in [-0.1, -0.05) is 12.2 Å². The van der Waals surface area contributed by atoms with E-state index in [4.69, 9.17) is 0 Å². The van der Waals surface area contributed by atoms with Gasteiger partial charge in [0, 0.05) is 12.7 Å². The van der Waals surface area contributed by atoms with Crippen LogP contribution in [0.4, 0.5) is 0 Å². The molecule has 0 fully saturated rings. The first-order valence-corrected chi connectivity index (χ1v) is 5.94. The largest absolute Gasteiger partial charge is 0.391 e. The Kier molecular flexibility index (Phi) is 13.2. The summed E-state index contributed by atoms with van der Waals surface area (Å²) >= 11 is 0. The Hall–Kier alpha value is -1.49. The molecule has 5 nitrogen and oxygen atoms in total. The molecular weight excluding hydrogens is 218 g/mol. The smallest absolute Gasteiger partial charge is 0.320 e. The van der Waals surface area contributed by atoms with Crippen LogP contribution >= 0.6 is 0 Å². The van der Waals surface area contributed by atoms with E-state index >= 15 is 0 Å². The van der Waals surface area contributed by atoms with Crippen molar-refractivity contribution in [1.82, 2.24) is 16.1 Å². The molecule has 0 aliphatic heterocycles. The van der Waals surface area contributed by atoms with E-state index in [1.54, 1.807) is 6.20 Å². The summed E-state index contributed by atoms with van der Waals surface area (Å²) in [6, 6.07) is 0. The second-order valence-corrected chi connectivity index (χ2v) is 3.48. The average Bonchev–Trinajstić information content (AvgIpc) is 2.35. The molecule has 0 atom stereocenters. The fourth-order valence-corrected chi connectivity index (χ4v) is 1.18. The van der Waals surface area contributed by atoms with Crippen LogP contribution < -0.4 is 16.1 Å². The monoisotopic (exact) mass is 241 g/mol. The summed E-state index contributed by atoms with van der Waals surface area (Å²) in [7, 11) is 1.97. The third-order valence-electron chi connectivity index (χ3n) is 2.04. The van der Waals surface area contributed by atoms with E-state index in [1.165, 1.54) is 12.8 Å². The lowest BCUT2D eigenvalue weighted by atomic mass is 10.2. The second-order valence-electron chi connectivity index (χ2n) is 3.48.